The van der Waals surface area contributed by atoms with E-state index >= 15 is 0 Å². The molecule has 2 atom stereocenters. The first-order valence-corrected chi connectivity index (χ1v) is 8.65. The smallest absolute Gasteiger partial charge is 0.325 e. The molecule has 28 heavy (non-hydrogen) atoms. The third-order valence-electron chi connectivity index (χ3n) is 4.75. The predicted molar refractivity (Wildman–Crippen MR) is 97.0 cm³/mol. The standard InChI is InChI=1S/C20H19F2N3O3/c1-12(13-3-7-15(21)8-4-13)23-17(26)11-25-18(27)20(2,24-19(25)28)14-5-9-16(22)10-6-14/h3-10,12H,11H2,1-2H3,(H,23,26)(H,24,28). The molecule has 2 unspecified atom stereocenters. The summed E-state index contributed by atoms with van der Waals surface area (Å²) in [5.74, 6) is -1.99. The number of carbonyl (C=O) groups excluding carboxylic acids is 3. The average molecular weight is 387 g/mol. The van der Waals surface area contributed by atoms with Crippen LogP contribution in [0.4, 0.5) is 13.6 Å². The van der Waals surface area contributed by atoms with Crippen molar-refractivity contribution in [3.8, 4) is 0 Å². The Morgan fingerprint density at radius 3 is 2.18 bits per heavy atom. The van der Waals surface area contributed by atoms with Crippen LogP contribution in [-0.2, 0) is 15.1 Å². The van der Waals surface area contributed by atoms with Gasteiger partial charge in [0.25, 0.3) is 5.91 Å². The zero-order chi connectivity index (χ0) is 20.5. The third kappa shape index (κ3) is 3.71. The summed E-state index contributed by atoms with van der Waals surface area (Å²) in [6.45, 7) is 2.74. The summed E-state index contributed by atoms with van der Waals surface area (Å²) < 4.78 is 26.2. The molecule has 4 amide bonds. The first-order chi connectivity index (χ1) is 13.2. The van der Waals surface area contributed by atoms with Crippen LogP contribution in [0.2, 0.25) is 0 Å². The van der Waals surface area contributed by atoms with Crippen molar-refractivity contribution in [1.29, 1.82) is 0 Å². The van der Waals surface area contributed by atoms with Gasteiger partial charge in [-0.2, -0.15) is 0 Å². The van der Waals surface area contributed by atoms with Crippen LogP contribution in [0, 0.1) is 11.6 Å². The van der Waals surface area contributed by atoms with Gasteiger partial charge in [0.05, 0.1) is 6.04 Å². The van der Waals surface area contributed by atoms with Crippen LogP contribution in [0.5, 0.6) is 0 Å². The Labute approximate surface area is 160 Å². The normalized spacial score (nSPS) is 20.1. The fourth-order valence-corrected chi connectivity index (χ4v) is 3.08. The molecule has 2 aromatic carbocycles. The van der Waals surface area contributed by atoms with Gasteiger partial charge < -0.3 is 10.6 Å². The maximum atomic E-state index is 13.1. The Kier molecular flexibility index (Phi) is 5.13. The van der Waals surface area contributed by atoms with Gasteiger partial charge in [0, 0.05) is 0 Å². The predicted octanol–water partition coefficient (Wildman–Crippen LogP) is 2.61. The molecule has 0 aromatic heterocycles. The molecule has 146 valence electrons. The first kappa shape index (κ1) is 19.5. The van der Waals surface area contributed by atoms with E-state index in [1.54, 1.807) is 19.1 Å². The number of imide groups is 1. The number of amides is 4. The number of benzene rings is 2. The van der Waals surface area contributed by atoms with E-state index in [0.717, 1.165) is 4.90 Å². The van der Waals surface area contributed by atoms with E-state index in [-0.39, 0.29) is 5.82 Å². The molecule has 0 spiro atoms. The number of halogens is 2. The average Bonchev–Trinajstić information content (AvgIpc) is 2.86. The van der Waals surface area contributed by atoms with E-state index in [1.165, 1.54) is 43.3 Å². The zero-order valence-corrected chi connectivity index (χ0v) is 15.3. The molecular weight excluding hydrogens is 368 g/mol. The van der Waals surface area contributed by atoms with Gasteiger partial charge in [0.1, 0.15) is 23.7 Å². The Morgan fingerprint density at radius 1 is 1.07 bits per heavy atom. The highest BCUT2D eigenvalue weighted by Crippen LogP contribution is 2.28. The van der Waals surface area contributed by atoms with Crippen LogP contribution in [0.25, 0.3) is 0 Å². The molecule has 1 aliphatic rings. The van der Waals surface area contributed by atoms with Gasteiger partial charge >= 0.3 is 6.03 Å². The van der Waals surface area contributed by atoms with Crippen molar-refractivity contribution in [1.82, 2.24) is 15.5 Å². The van der Waals surface area contributed by atoms with Crippen molar-refractivity contribution in [3.05, 3.63) is 71.3 Å². The third-order valence-corrected chi connectivity index (χ3v) is 4.75. The van der Waals surface area contributed by atoms with Crippen molar-refractivity contribution in [3.63, 3.8) is 0 Å². The minimum Gasteiger partial charge on any atom is -0.348 e. The van der Waals surface area contributed by atoms with Gasteiger partial charge in [-0.1, -0.05) is 24.3 Å². The van der Waals surface area contributed by atoms with E-state index < -0.39 is 41.8 Å². The van der Waals surface area contributed by atoms with Gasteiger partial charge in [0.2, 0.25) is 5.91 Å². The van der Waals surface area contributed by atoms with Gasteiger partial charge in [-0.05, 0) is 49.2 Å². The van der Waals surface area contributed by atoms with Gasteiger partial charge in [0.15, 0.2) is 0 Å². The number of urea groups is 1. The summed E-state index contributed by atoms with van der Waals surface area (Å²) in [7, 11) is 0. The highest BCUT2D eigenvalue weighted by Gasteiger charge is 2.49. The Morgan fingerprint density at radius 2 is 1.61 bits per heavy atom. The van der Waals surface area contributed by atoms with Gasteiger partial charge in [-0.15, -0.1) is 0 Å². The lowest BCUT2D eigenvalue weighted by atomic mass is 9.92. The SMILES string of the molecule is CC(NC(=O)CN1C(=O)NC(C)(c2ccc(F)cc2)C1=O)c1ccc(F)cc1. The highest BCUT2D eigenvalue weighted by atomic mass is 19.1. The second-order valence-corrected chi connectivity index (χ2v) is 6.79. The second-order valence-electron chi connectivity index (χ2n) is 6.79. The number of nitrogens with one attached hydrogen (secondary N) is 2. The number of hydrogen-bond donors (Lipinski definition) is 2. The molecule has 1 saturated heterocycles. The monoisotopic (exact) mass is 387 g/mol. The first-order valence-electron chi connectivity index (χ1n) is 8.65. The van der Waals surface area contributed by atoms with Crippen molar-refractivity contribution in [2.45, 2.75) is 25.4 Å². The van der Waals surface area contributed by atoms with Crippen LogP contribution < -0.4 is 10.6 Å². The molecule has 0 radical (unpaired) electrons. The highest BCUT2D eigenvalue weighted by molar-refractivity contribution is 6.09. The number of hydrogen-bond acceptors (Lipinski definition) is 3. The maximum Gasteiger partial charge on any atom is 0.325 e. The van der Waals surface area contributed by atoms with E-state index in [0.29, 0.717) is 11.1 Å². The van der Waals surface area contributed by atoms with Crippen LogP contribution in [0.1, 0.15) is 31.0 Å². The summed E-state index contributed by atoms with van der Waals surface area (Å²) in [5.41, 5.74) is -0.286. The van der Waals surface area contributed by atoms with Crippen LogP contribution >= 0.6 is 0 Å². The molecule has 6 nitrogen and oxygen atoms in total. The topological polar surface area (TPSA) is 78.5 Å². The lowest BCUT2D eigenvalue weighted by Crippen LogP contribution is -2.43. The number of rotatable bonds is 5. The molecule has 2 aromatic rings. The van der Waals surface area contributed by atoms with Crippen molar-refractivity contribution in [2.24, 2.45) is 0 Å². The van der Waals surface area contributed by atoms with Crippen LogP contribution in [0.15, 0.2) is 48.5 Å². The Balaban J connectivity index is 1.69. The summed E-state index contributed by atoms with van der Waals surface area (Å²) in [4.78, 5) is 38.2. The molecule has 0 saturated carbocycles. The molecule has 2 N–H and O–H groups in total. The zero-order valence-electron chi connectivity index (χ0n) is 15.3. The molecule has 1 fully saturated rings. The fourth-order valence-electron chi connectivity index (χ4n) is 3.08. The molecular formula is C20H19F2N3O3. The molecule has 3 rings (SSSR count). The van der Waals surface area contributed by atoms with Crippen molar-refractivity contribution in [2.75, 3.05) is 6.54 Å². The fraction of sp³-hybridized carbons (Fsp3) is 0.250. The molecule has 1 heterocycles. The van der Waals surface area contributed by atoms with Crippen LogP contribution in [-0.4, -0.2) is 29.3 Å². The number of carbonyl (C=O) groups is 3. The summed E-state index contributed by atoms with van der Waals surface area (Å²) in [6, 6.07) is 9.71. The lowest BCUT2D eigenvalue weighted by Gasteiger charge is -2.22. The molecule has 1 aliphatic heterocycles. The van der Waals surface area contributed by atoms with E-state index in [1.807, 2.05) is 0 Å². The molecule has 0 aliphatic carbocycles. The van der Waals surface area contributed by atoms with Gasteiger partial charge in [-0.3, -0.25) is 14.5 Å². The van der Waals surface area contributed by atoms with E-state index in [9.17, 15) is 23.2 Å². The minimum absolute atomic E-state index is 0.387. The molecule has 8 heteroatoms. The van der Waals surface area contributed by atoms with E-state index in [4.69, 9.17) is 0 Å². The molecule has 0 bridgehead atoms. The van der Waals surface area contributed by atoms with Crippen molar-refractivity contribution < 1.29 is 23.2 Å². The Hall–Kier alpha value is -3.29. The van der Waals surface area contributed by atoms with Gasteiger partial charge in [-0.25, -0.2) is 13.6 Å². The quantitative estimate of drug-likeness (QED) is 0.774. The Bertz CT molecular complexity index is 915. The number of nitrogens with zero attached hydrogens (tertiary/aromatic N) is 1. The summed E-state index contributed by atoms with van der Waals surface area (Å²) in [6.07, 6.45) is 0. The largest absolute Gasteiger partial charge is 0.348 e. The summed E-state index contributed by atoms with van der Waals surface area (Å²) >= 11 is 0. The van der Waals surface area contributed by atoms with E-state index in [2.05, 4.69) is 10.6 Å². The second kappa shape index (κ2) is 7.38. The summed E-state index contributed by atoms with van der Waals surface area (Å²) in [5, 5.41) is 5.23. The lowest BCUT2D eigenvalue weighted by molar-refractivity contribution is -0.135. The van der Waals surface area contributed by atoms with Crippen LogP contribution in [0.3, 0.4) is 0 Å². The van der Waals surface area contributed by atoms with Crippen molar-refractivity contribution >= 4 is 17.8 Å². The minimum atomic E-state index is -1.38. The maximum absolute atomic E-state index is 13.1.